The summed E-state index contributed by atoms with van der Waals surface area (Å²) in [6.07, 6.45) is 0.923. The molecule has 1 aromatic heterocycles. The second-order valence-electron chi connectivity index (χ2n) is 7.80. The van der Waals surface area contributed by atoms with Crippen LogP contribution in [-0.2, 0) is 11.2 Å². The Bertz CT molecular complexity index is 1130. The number of nitrogens with zero attached hydrogens (tertiary/aromatic N) is 3. The van der Waals surface area contributed by atoms with E-state index >= 15 is 0 Å². The number of aromatic nitrogens is 1. The molecule has 0 unspecified atom stereocenters. The van der Waals surface area contributed by atoms with Gasteiger partial charge in [0.25, 0.3) is 0 Å². The minimum Gasteiger partial charge on any atom is -0.497 e. The molecule has 178 valence electrons. The second kappa shape index (κ2) is 11.2. The molecule has 10 heteroatoms. The number of ether oxygens (including phenoxy) is 1. The largest absolute Gasteiger partial charge is 0.497 e. The molecule has 2 heterocycles. The Morgan fingerprint density at radius 1 is 1.09 bits per heavy atom. The maximum absolute atomic E-state index is 12.7. The number of piperazine rings is 1. The lowest BCUT2D eigenvalue weighted by molar-refractivity contribution is -0.131. The van der Waals surface area contributed by atoms with Gasteiger partial charge in [0.15, 0.2) is 5.13 Å². The lowest BCUT2D eigenvalue weighted by Crippen LogP contribution is -2.48. The maximum atomic E-state index is 12.7. The van der Waals surface area contributed by atoms with E-state index in [1.54, 1.807) is 31.4 Å². The van der Waals surface area contributed by atoms with E-state index in [4.69, 9.17) is 16.3 Å². The number of thiazole rings is 1. The molecule has 3 aromatic rings. The molecule has 1 aliphatic rings. The number of hydrogen-bond acceptors (Lipinski definition) is 6. The molecule has 0 aliphatic carbocycles. The molecule has 1 saturated heterocycles. The minimum absolute atomic E-state index is 0.121. The highest BCUT2D eigenvalue weighted by atomic mass is 35.5. The van der Waals surface area contributed by atoms with Crippen molar-refractivity contribution >= 4 is 51.4 Å². The van der Waals surface area contributed by atoms with Crippen LogP contribution in [0.4, 0.5) is 21.3 Å². The summed E-state index contributed by atoms with van der Waals surface area (Å²) in [6.45, 7) is 2.98. The van der Waals surface area contributed by atoms with Gasteiger partial charge in [0, 0.05) is 54.4 Å². The molecule has 3 amide bonds. The predicted octanol–water partition coefficient (Wildman–Crippen LogP) is 4.73. The zero-order chi connectivity index (χ0) is 23.9. The molecule has 1 fully saturated rings. The normalized spacial score (nSPS) is 13.5. The number of amides is 3. The van der Waals surface area contributed by atoms with Gasteiger partial charge in [0.2, 0.25) is 5.91 Å². The SMILES string of the molecule is COc1ccc(N2CCN(C(=O)CCc3csc(NC(=O)Nc4cccc(Cl)c4)n3)CC2)cc1. The first-order valence-electron chi connectivity index (χ1n) is 10.9. The van der Waals surface area contributed by atoms with Gasteiger partial charge >= 0.3 is 6.03 Å². The number of anilines is 3. The Morgan fingerprint density at radius 3 is 2.56 bits per heavy atom. The van der Waals surface area contributed by atoms with Crippen LogP contribution < -0.4 is 20.3 Å². The van der Waals surface area contributed by atoms with Crippen molar-refractivity contribution in [2.24, 2.45) is 0 Å². The van der Waals surface area contributed by atoms with E-state index in [0.29, 0.717) is 41.8 Å². The Labute approximate surface area is 207 Å². The lowest BCUT2D eigenvalue weighted by Gasteiger charge is -2.36. The second-order valence-corrected chi connectivity index (χ2v) is 9.09. The molecule has 0 atom stereocenters. The molecular weight excluding hydrogens is 474 g/mol. The average molecular weight is 500 g/mol. The fourth-order valence-electron chi connectivity index (χ4n) is 3.71. The van der Waals surface area contributed by atoms with E-state index in [1.807, 2.05) is 34.5 Å². The fraction of sp³-hybridized carbons (Fsp3) is 0.292. The van der Waals surface area contributed by atoms with Crippen LogP contribution in [0.25, 0.3) is 0 Å². The number of methoxy groups -OCH3 is 1. The first kappa shape index (κ1) is 23.8. The van der Waals surface area contributed by atoms with Gasteiger partial charge in [0.05, 0.1) is 12.8 Å². The third-order valence-electron chi connectivity index (χ3n) is 5.52. The fourth-order valence-corrected chi connectivity index (χ4v) is 4.64. The van der Waals surface area contributed by atoms with Crippen LogP contribution in [-0.4, -0.2) is 55.1 Å². The molecule has 34 heavy (non-hydrogen) atoms. The van der Waals surface area contributed by atoms with Crippen molar-refractivity contribution in [1.82, 2.24) is 9.88 Å². The van der Waals surface area contributed by atoms with Crippen molar-refractivity contribution < 1.29 is 14.3 Å². The molecule has 2 aromatic carbocycles. The van der Waals surface area contributed by atoms with Crippen LogP contribution in [0, 0.1) is 0 Å². The van der Waals surface area contributed by atoms with Gasteiger partial charge in [-0.05, 0) is 48.9 Å². The number of aryl methyl sites for hydroxylation is 1. The molecular formula is C24H26ClN5O3S. The van der Waals surface area contributed by atoms with Crippen LogP contribution in [0.15, 0.2) is 53.9 Å². The van der Waals surface area contributed by atoms with Gasteiger partial charge in [-0.15, -0.1) is 11.3 Å². The van der Waals surface area contributed by atoms with Crippen molar-refractivity contribution in [3.8, 4) is 5.75 Å². The summed E-state index contributed by atoms with van der Waals surface area (Å²) in [4.78, 5) is 33.5. The minimum atomic E-state index is -0.394. The van der Waals surface area contributed by atoms with Crippen LogP contribution in [0.3, 0.4) is 0 Å². The van der Waals surface area contributed by atoms with E-state index < -0.39 is 6.03 Å². The summed E-state index contributed by atoms with van der Waals surface area (Å²) in [5, 5.41) is 8.32. The van der Waals surface area contributed by atoms with Crippen molar-refractivity contribution in [3.63, 3.8) is 0 Å². The van der Waals surface area contributed by atoms with Crippen molar-refractivity contribution in [3.05, 3.63) is 64.6 Å². The molecule has 0 radical (unpaired) electrons. The van der Waals surface area contributed by atoms with Gasteiger partial charge in [-0.1, -0.05) is 17.7 Å². The number of benzene rings is 2. The molecule has 2 N–H and O–H groups in total. The summed E-state index contributed by atoms with van der Waals surface area (Å²) in [5.41, 5.74) is 2.52. The summed E-state index contributed by atoms with van der Waals surface area (Å²) < 4.78 is 5.21. The third kappa shape index (κ3) is 6.39. The van der Waals surface area contributed by atoms with Gasteiger partial charge < -0.3 is 19.9 Å². The Balaban J connectivity index is 1.20. The highest BCUT2D eigenvalue weighted by Crippen LogP contribution is 2.22. The predicted molar refractivity (Wildman–Crippen MR) is 136 cm³/mol. The van der Waals surface area contributed by atoms with E-state index in [9.17, 15) is 9.59 Å². The van der Waals surface area contributed by atoms with Gasteiger partial charge in [-0.2, -0.15) is 0 Å². The average Bonchev–Trinajstić information content (AvgIpc) is 3.29. The number of urea groups is 1. The van der Waals surface area contributed by atoms with Crippen LogP contribution in [0.5, 0.6) is 5.75 Å². The molecule has 0 spiro atoms. The lowest BCUT2D eigenvalue weighted by atomic mass is 10.2. The van der Waals surface area contributed by atoms with E-state index in [0.717, 1.165) is 30.2 Å². The number of carbonyl (C=O) groups excluding carboxylic acids is 2. The summed E-state index contributed by atoms with van der Waals surface area (Å²) in [5.74, 6) is 0.954. The number of hydrogen-bond donors (Lipinski definition) is 2. The standard InChI is InChI=1S/C24H26ClN5O3S/c1-33-21-8-6-20(7-9-21)29-11-13-30(14-12-29)22(31)10-5-19-16-34-24(27-19)28-23(32)26-18-4-2-3-17(25)15-18/h2-4,6-9,15-16H,5,10-14H2,1H3,(H2,26,27,28,32). The molecule has 4 rings (SSSR count). The first-order valence-corrected chi connectivity index (χ1v) is 12.2. The van der Waals surface area contributed by atoms with E-state index in [2.05, 4.69) is 20.5 Å². The topological polar surface area (TPSA) is 86.8 Å². The smallest absolute Gasteiger partial charge is 0.325 e. The highest BCUT2D eigenvalue weighted by Gasteiger charge is 2.21. The molecule has 1 aliphatic heterocycles. The Morgan fingerprint density at radius 2 is 1.85 bits per heavy atom. The zero-order valence-electron chi connectivity index (χ0n) is 18.8. The summed E-state index contributed by atoms with van der Waals surface area (Å²) >= 11 is 7.26. The van der Waals surface area contributed by atoms with Gasteiger partial charge in [0.1, 0.15) is 5.75 Å². The van der Waals surface area contributed by atoms with Gasteiger partial charge in [-0.3, -0.25) is 10.1 Å². The quantitative estimate of drug-likeness (QED) is 0.490. The molecule has 0 saturated carbocycles. The number of nitrogens with one attached hydrogen (secondary N) is 2. The number of rotatable bonds is 7. The number of carbonyl (C=O) groups is 2. The van der Waals surface area contributed by atoms with Crippen molar-refractivity contribution in [1.29, 1.82) is 0 Å². The highest BCUT2D eigenvalue weighted by molar-refractivity contribution is 7.13. The molecule has 8 nitrogen and oxygen atoms in total. The summed E-state index contributed by atoms with van der Waals surface area (Å²) in [6, 6.07) is 14.5. The first-order chi connectivity index (χ1) is 16.5. The monoisotopic (exact) mass is 499 g/mol. The van der Waals surface area contributed by atoms with Crippen molar-refractivity contribution in [2.75, 3.05) is 48.8 Å². The van der Waals surface area contributed by atoms with Crippen molar-refractivity contribution in [2.45, 2.75) is 12.8 Å². The zero-order valence-corrected chi connectivity index (χ0v) is 20.4. The maximum Gasteiger partial charge on any atom is 0.325 e. The number of halogens is 1. The summed E-state index contributed by atoms with van der Waals surface area (Å²) in [7, 11) is 1.65. The van der Waals surface area contributed by atoms with Gasteiger partial charge in [-0.25, -0.2) is 9.78 Å². The molecule has 0 bridgehead atoms. The van der Waals surface area contributed by atoms with Crippen LogP contribution in [0.2, 0.25) is 5.02 Å². The van der Waals surface area contributed by atoms with E-state index in [-0.39, 0.29) is 5.91 Å². The Hall–Kier alpha value is -3.30. The third-order valence-corrected chi connectivity index (χ3v) is 6.56. The van der Waals surface area contributed by atoms with E-state index in [1.165, 1.54) is 11.3 Å². The van der Waals surface area contributed by atoms with Crippen LogP contribution in [0.1, 0.15) is 12.1 Å². The Kier molecular flexibility index (Phi) is 7.87. The van der Waals surface area contributed by atoms with Crippen LogP contribution >= 0.6 is 22.9 Å².